The van der Waals surface area contributed by atoms with Crippen LogP contribution in [-0.4, -0.2) is 61.0 Å². The van der Waals surface area contributed by atoms with Gasteiger partial charge in [0.1, 0.15) is 17.0 Å². The highest BCUT2D eigenvalue weighted by atomic mass is 32.2. The van der Waals surface area contributed by atoms with Crippen LogP contribution in [0.2, 0.25) is 0 Å². The molecule has 0 bridgehead atoms. The third kappa shape index (κ3) is 6.79. The van der Waals surface area contributed by atoms with E-state index in [-0.39, 0.29) is 47.8 Å². The van der Waals surface area contributed by atoms with Crippen LogP contribution in [0.1, 0.15) is 64.0 Å². The fraction of sp³-hybridized carbons (Fsp3) is 0.500. The Morgan fingerprint density at radius 2 is 2.00 bits per heavy atom. The third-order valence-electron chi connectivity index (χ3n) is 6.99. The highest BCUT2D eigenvalue weighted by Crippen LogP contribution is 2.33. The number of hydrogen-bond acceptors (Lipinski definition) is 8. The fourth-order valence-corrected chi connectivity index (χ4v) is 6.83. The zero-order chi connectivity index (χ0) is 29.1. The monoisotopic (exact) mass is 570 g/mol. The van der Waals surface area contributed by atoms with E-state index in [4.69, 9.17) is 10.1 Å². The first-order chi connectivity index (χ1) is 18.9. The average Bonchev–Trinajstić information content (AvgIpc) is 3.12. The van der Waals surface area contributed by atoms with Crippen LogP contribution in [0.3, 0.4) is 0 Å². The Morgan fingerprint density at radius 1 is 1.25 bits per heavy atom. The van der Waals surface area contributed by atoms with Gasteiger partial charge in [0, 0.05) is 50.2 Å². The van der Waals surface area contributed by atoms with Gasteiger partial charge in [-0.3, -0.25) is 15.0 Å². The molecule has 4 N–H and O–H groups in total. The number of nitrogens with zero attached hydrogens (tertiary/aromatic N) is 2. The molecule has 1 aliphatic heterocycles. The lowest BCUT2D eigenvalue weighted by Crippen LogP contribution is -2.35. The second-order valence-corrected chi connectivity index (χ2v) is 13.1. The largest absolute Gasteiger partial charge is 0.460 e. The van der Waals surface area contributed by atoms with Gasteiger partial charge < -0.3 is 25.3 Å². The third-order valence-corrected chi connectivity index (χ3v) is 8.94. The summed E-state index contributed by atoms with van der Waals surface area (Å²) < 4.78 is 32.6. The van der Waals surface area contributed by atoms with Gasteiger partial charge in [-0.2, -0.15) is 4.31 Å². The lowest BCUT2D eigenvalue weighted by molar-refractivity contribution is -0.154. The van der Waals surface area contributed by atoms with E-state index in [1.807, 2.05) is 6.21 Å². The molecule has 1 aromatic carbocycles. The van der Waals surface area contributed by atoms with Gasteiger partial charge in [0.05, 0.1) is 17.0 Å². The maximum absolute atomic E-state index is 13.0. The van der Waals surface area contributed by atoms with Crippen LogP contribution in [0.15, 0.2) is 45.1 Å². The number of benzene rings is 1. The smallest absolute Gasteiger partial charge is 0.307 e. The molecule has 2 aliphatic rings. The standard InChI is InChI=1S/C28H38N6O5S/c1-28(2,3)39-24(35)12-14-34-17-19-15-20(9-10-23(19)40(34,37)38)32-26(29)25-22(11-13-31-27(25)36)33-21-8-6-5-7-18(21)16-30-4/h9-11,13,15-16,18,21H,5-8,12,14,17H2,1-4H3,(H2,29,32)(H2,31,33,36)/b30-16-/t18?,21-/m0/s1. The second kappa shape index (κ2) is 11.9. The number of sulfonamides is 1. The van der Waals surface area contributed by atoms with Gasteiger partial charge >= 0.3 is 5.97 Å². The molecule has 1 saturated carbocycles. The molecule has 12 heteroatoms. The number of fused-ring (bicyclic) bond motifs is 1. The minimum atomic E-state index is -3.75. The van der Waals surface area contributed by atoms with E-state index in [1.54, 1.807) is 52.2 Å². The van der Waals surface area contributed by atoms with Gasteiger partial charge in [-0.1, -0.05) is 12.8 Å². The average molecular weight is 571 g/mol. The van der Waals surface area contributed by atoms with Crippen molar-refractivity contribution in [2.75, 3.05) is 24.2 Å². The lowest BCUT2D eigenvalue weighted by Gasteiger charge is -2.31. The number of carbonyl (C=O) groups excluding carboxylic acids is 1. The molecule has 1 unspecified atom stereocenters. The Labute approximate surface area is 235 Å². The van der Waals surface area contributed by atoms with Crippen molar-refractivity contribution >= 4 is 39.4 Å². The van der Waals surface area contributed by atoms with Gasteiger partial charge in [0.15, 0.2) is 0 Å². The molecule has 1 fully saturated rings. The van der Waals surface area contributed by atoms with Crippen molar-refractivity contribution in [1.82, 2.24) is 9.29 Å². The van der Waals surface area contributed by atoms with E-state index in [2.05, 4.69) is 20.6 Å². The first-order valence-corrected chi connectivity index (χ1v) is 14.9. The summed E-state index contributed by atoms with van der Waals surface area (Å²) in [6, 6.07) is 6.57. The van der Waals surface area contributed by atoms with Crippen LogP contribution in [0, 0.1) is 11.3 Å². The Bertz CT molecular complexity index is 1460. The van der Waals surface area contributed by atoms with Crippen LogP contribution in [0.25, 0.3) is 0 Å². The summed E-state index contributed by atoms with van der Waals surface area (Å²) in [5.74, 6) is -0.332. The van der Waals surface area contributed by atoms with Crippen LogP contribution in [0.4, 0.5) is 11.4 Å². The molecule has 0 amide bonds. The molecule has 4 rings (SSSR count). The van der Waals surface area contributed by atoms with Gasteiger partial charge in [0.25, 0.3) is 5.56 Å². The Kier molecular flexibility index (Phi) is 8.79. The summed E-state index contributed by atoms with van der Waals surface area (Å²) >= 11 is 0. The van der Waals surface area contributed by atoms with Gasteiger partial charge in [-0.15, -0.1) is 0 Å². The number of H-pyrrole nitrogens is 1. The normalized spacial score (nSPS) is 20.7. The van der Waals surface area contributed by atoms with Gasteiger partial charge in [-0.25, -0.2) is 8.42 Å². The summed E-state index contributed by atoms with van der Waals surface area (Å²) in [7, 11) is -2.00. The minimum Gasteiger partial charge on any atom is -0.460 e. The summed E-state index contributed by atoms with van der Waals surface area (Å²) in [4.78, 5) is 32.0. The number of aliphatic imine (C=N–C) groups is 1. The number of aromatic nitrogens is 1. The first kappa shape index (κ1) is 29.5. The van der Waals surface area contributed by atoms with E-state index in [0.29, 0.717) is 16.9 Å². The maximum atomic E-state index is 13.0. The number of carbonyl (C=O) groups is 1. The molecule has 0 radical (unpaired) electrons. The number of amidine groups is 1. The number of esters is 1. The van der Waals surface area contributed by atoms with E-state index < -0.39 is 27.2 Å². The molecule has 2 aromatic rings. The highest BCUT2D eigenvalue weighted by Gasteiger charge is 2.35. The van der Waals surface area contributed by atoms with Gasteiger partial charge in [0.2, 0.25) is 10.0 Å². The fourth-order valence-electron chi connectivity index (χ4n) is 5.22. The van der Waals surface area contributed by atoms with E-state index in [1.165, 1.54) is 10.4 Å². The van der Waals surface area contributed by atoms with Crippen LogP contribution < -0.4 is 16.2 Å². The summed E-state index contributed by atoms with van der Waals surface area (Å²) in [6.07, 6.45) is 7.60. The van der Waals surface area contributed by atoms with Crippen molar-refractivity contribution in [1.29, 1.82) is 5.41 Å². The topological polar surface area (TPSA) is 157 Å². The lowest BCUT2D eigenvalue weighted by atomic mass is 9.85. The van der Waals surface area contributed by atoms with Crippen molar-refractivity contribution in [3.05, 3.63) is 51.9 Å². The molecule has 2 atom stereocenters. The van der Waals surface area contributed by atoms with Crippen molar-refractivity contribution in [2.45, 2.75) is 76.0 Å². The summed E-state index contributed by atoms with van der Waals surface area (Å²) in [5.41, 5.74) is 0.706. The van der Waals surface area contributed by atoms with E-state index in [9.17, 15) is 18.0 Å². The van der Waals surface area contributed by atoms with Gasteiger partial charge in [-0.05, 0) is 63.4 Å². The molecule has 0 saturated heterocycles. The first-order valence-electron chi connectivity index (χ1n) is 13.5. The molecule has 0 spiro atoms. The van der Waals surface area contributed by atoms with Crippen molar-refractivity contribution < 1.29 is 17.9 Å². The maximum Gasteiger partial charge on any atom is 0.307 e. The number of nitrogens with one attached hydrogen (secondary N) is 4. The number of aromatic amines is 1. The minimum absolute atomic E-state index is 0.00380. The van der Waals surface area contributed by atoms with Crippen molar-refractivity contribution in [3.63, 3.8) is 0 Å². The number of ether oxygens (including phenoxy) is 1. The van der Waals surface area contributed by atoms with Crippen molar-refractivity contribution in [3.8, 4) is 0 Å². The van der Waals surface area contributed by atoms with Crippen molar-refractivity contribution in [2.24, 2.45) is 10.9 Å². The summed E-state index contributed by atoms with van der Waals surface area (Å²) in [6.45, 7) is 5.38. The molecule has 1 aliphatic carbocycles. The van der Waals surface area contributed by atoms with E-state index in [0.717, 1.165) is 25.7 Å². The Morgan fingerprint density at radius 3 is 2.73 bits per heavy atom. The molecule has 2 heterocycles. The van der Waals surface area contributed by atoms with Crippen LogP contribution in [-0.2, 0) is 26.1 Å². The predicted octanol–water partition coefficient (Wildman–Crippen LogP) is 3.72. The number of hydrogen-bond donors (Lipinski definition) is 4. The Balaban J connectivity index is 1.49. The second-order valence-electron chi connectivity index (χ2n) is 11.2. The molecule has 40 heavy (non-hydrogen) atoms. The van der Waals surface area contributed by atoms with Crippen LogP contribution >= 0.6 is 0 Å². The number of anilines is 2. The zero-order valence-corrected chi connectivity index (χ0v) is 24.2. The molecular weight excluding hydrogens is 532 g/mol. The molecule has 216 valence electrons. The predicted molar refractivity (Wildman–Crippen MR) is 156 cm³/mol. The quantitative estimate of drug-likeness (QED) is 0.214. The molecule has 1 aromatic heterocycles. The SMILES string of the molecule is C/N=C\C1CCCC[C@@H]1Nc1cc[nH]c(=O)c1C(=N)Nc1ccc2c(c1)CN(CCC(=O)OC(C)(C)C)S2(=O)=O. The number of rotatable bonds is 8. The zero-order valence-electron chi connectivity index (χ0n) is 23.4. The number of pyridine rings is 1. The Hall–Kier alpha value is -3.51. The molecule has 11 nitrogen and oxygen atoms in total. The summed E-state index contributed by atoms with van der Waals surface area (Å²) in [5, 5.41) is 15.2. The highest BCUT2D eigenvalue weighted by molar-refractivity contribution is 7.89. The van der Waals surface area contributed by atoms with E-state index >= 15 is 0 Å². The molecular formula is C28H38N6O5S. The van der Waals surface area contributed by atoms with Crippen LogP contribution in [0.5, 0.6) is 0 Å².